The Morgan fingerprint density at radius 1 is 1.36 bits per heavy atom. The normalized spacial score (nSPS) is 14.6. The maximum absolute atomic E-state index is 13.5. The van der Waals surface area contributed by atoms with E-state index < -0.39 is 23.8 Å². The molecule has 0 spiro atoms. The highest BCUT2D eigenvalue weighted by molar-refractivity contribution is 6.00. The Labute approximate surface area is 83.6 Å². The van der Waals surface area contributed by atoms with Crippen LogP contribution in [0.1, 0.15) is 40.0 Å². The second-order valence-corrected chi connectivity index (χ2v) is 3.35. The molecule has 82 valence electrons. The number of carbonyl (C=O) groups is 2. The lowest BCUT2D eigenvalue weighted by atomic mass is 9.95. The van der Waals surface area contributed by atoms with Crippen molar-refractivity contribution in [3.05, 3.63) is 0 Å². The number of alkyl halides is 1. The molecule has 0 aliphatic heterocycles. The van der Waals surface area contributed by atoms with Gasteiger partial charge in [-0.3, -0.25) is 9.59 Å². The number of hydrogen-bond acceptors (Lipinski definition) is 3. The summed E-state index contributed by atoms with van der Waals surface area (Å²) >= 11 is 0. The van der Waals surface area contributed by atoms with Gasteiger partial charge in [0.2, 0.25) is 0 Å². The molecule has 0 aromatic rings. The van der Waals surface area contributed by atoms with Gasteiger partial charge in [-0.2, -0.15) is 0 Å². The predicted octanol–water partition coefficient (Wildman–Crippen LogP) is 2.04. The first-order valence-corrected chi connectivity index (χ1v) is 4.81. The number of ketones is 1. The van der Waals surface area contributed by atoms with Crippen molar-refractivity contribution in [1.82, 2.24) is 0 Å². The van der Waals surface area contributed by atoms with E-state index in [1.54, 1.807) is 13.8 Å². The smallest absolute Gasteiger partial charge is 0.313 e. The molecule has 1 atom stereocenters. The molecule has 0 fully saturated rings. The molecule has 0 N–H and O–H groups in total. The van der Waals surface area contributed by atoms with Crippen LogP contribution in [0.25, 0.3) is 0 Å². The van der Waals surface area contributed by atoms with Crippen LogP contribution in [0.5, 0.6) is 0 Å². The lowest BCUT2D eigenvalue weighted by Gasteiger charge is -2.17. The molecule has 3 nitrogen and oxygen atoms in total. The fourth-order valence-electron chi connectivity index (χ4n) is 1.14. The maximum Gasteiger partial charge on any atom is 0.313 e. The molecule has 0 aliphatic carbocycles. The Bertz CT molecular complexity index is 211. The van der Waals surface area contributed by atoms with E-state index in [1.165, 1.54) is 6.92 Å². The highest BCUT2D eigenvalue weighted by Crippen LogP contribution is 2.20. The maximum atomic E-state index is 13.5. The molecule has 0 radical (unpaired) electrons. The van der Waals surface area contributed by atoms with Gasteiger partial charge in [0.1, 0.15) is 6.42 Å². The molecule has 0 saturated carbocycles. The van der Waals surface area contributed by atoms with Gasteiger partial charge < -0.3 is 4.74 Å². The van der Waals surface area contributed by atoms with Crippen molar-refractivity contribution < 1.29 is 18.7 Å². The van der Waals surface area contributed by atoms with E-state index in [0.29, 0.717) is 6.42 Å². The first kappa shape index (κ1) is 13.1. The van der Waals surface area contributed by atoms with Gasteiger partial charge in [-0.1, -0.05) is 13.3 Å². The van der Waals surface area contributed by atoms with Crippen LogP contribution in [-0.4, -0.2) is 24.0 Å². The molecule has 4 heteroatoms. The summed E-state index contributed by atoms with van der Waals surface area (Å²) in [4.78, 5) is 22.2. The minimum absolute atomic E-state index is 0.144. The third-order valence-electron chi connectivity index (χ3n) is 1.91. The molecular weight excluding hydrogens is 187 g/mol. The fraction of sp³-hybridized carbons (Fsp3) is 0.800. The predicted molar refractivity (Wildman–Crippen MR) is 50.7 cm³/mol. The van der Waals surface area contributed by atoms with Gasteiger partial charge >= 0.3 is 5.97 Å². The Morgan fingerprint density at radius 2 is 1.93 bits per heavy atom. The van der Waals surface area contributed by atoms with Gasteiger partial charge in [0.05, 0.1) is 6.61 Å². The second-order valence-electron chi connectivity index (χ2n) is 3.35. The monoisotopic (exact) mass is 204 g/mol. The van der Waals surface area contributed by atoms with E-state index in [-0.39, 0.29) is 13.0 Å². The third kappa shape index (κ3) is 4.35. The van der Waals surface area contributed by atoms with Gasteiger partial charge in [-0.25, -0.2) is 4.39 Å². The zero-order valence-electron chi connectivity index (χ0n) is 8.93. The summed E-state index contributed by atoms with van der Waals surface area (Å²) in [5.41, 5.74) is -1.90. The SMILES string of the molecule is CCCC(C)(F)C(=O)CC(=O)OCC. The number of ether oxygens (including phenoxy) is 1. The van der Waals surface area contributed by atoms with Gasteiger partial charge in [-0.15, -0.1) is 0 Å². The molecule has 0 heterocycles. The molecule has 0 amide bonds. The standard InChI is InChI=1S/C10H17FO3/c1-4-6-10(3,11)8(12)7-9(13)14-5-2/h4-7H2,1-3H3. The lowest BCUT2D eigenvalue weighted by Crippen LogP contribution is -2.32. The third-order valence-corrected chi connectivity index (χ3v) is 1.91. The summed E-state index contributed by atoms with van der Waals surface area (Å²) in [6.45, 7) is 4.85. The van der Waals surface area contributed by atoms with E-state index in [4.69, 9.17) is 0 Å². The topological polar surface area (TPSA) is 43.4 Å². The summed E-state index contributed by atoms with van der Waals surface area (Å²) in [6.07, 6.45) is 0.244. The quantitative estimate of drug-likeness (QED) is 0.491. The van der Waals surface area contributed by atoms with Crippen LogP contribution in [0, 0.1) is 0 Å². The van der Waals surface area contributed by atoms with Gasteiger partial charge in [0.25, 0.3) is 0 Å². The minimum atomic E-state index is -1.90. The molecule has 0 bridgehead atoms. The zero-order valence-corrected chi connectivity index (χ0v) is 8.93. The van der Waals surface area contributed by atoms with Crippen molar-refractivity contribution in [2.24, 2.45) is 0 Å². The molecular formula is C10H17FO3. The number of esters is 1. The first-order valence-electron chi connectivity index (χ1n) is 4.81. The molecule has 0 aromatic heterocycles. The molecule has 1 unspecified atom stereocenters. The van der Waals surface area contributed by atoms with Crippen molar-refractivity contribution in [2.75, 3.05) is 6.61 Å². The van der Waals surface area contributed by atoms with Crippen molar-refractivity contribution in [3.63, 3.8) is 0 Å². The molecule has 0 aromatic carbocycles. The lowest BCUT2D eigenvalue weighted by molar-refractivity contribution is -0.148. The average molecular weight is 204 g/mol. The Morgan fingerprint density at radius 3 is 2.36 bits per heavy atom. The summed E-state index contributed by atoms with van der Waals surface area (Å²) in [6, 6.07) is 0. The Hall–Kier alpha value is -0.930. The Balaban J connectivity index is 4.12. The van der Waals surface area contributed by atoms with Gasteiger partial charge in [0, 0.05) is 0 Å². The first-order chi connectivity index (χ1) is 6.44. The largest absolute Gasteiger partial charge is 0.466 e. The van der Waals surface area contributed by atoms with E-state index in [2.05, 4.69) is 4.74 Å². The molecule has 0 saturated heterocycles. The van der Waals surface area contributed by atoms with Crippen LogP contribution < -0.4 is 0 Å². The van der Waals surface area contributed by atoms with Crippen LogP contribution in [-0.2, 0) is 14.3 Å². The Kier molecular flexibility index (Phi) is 5.35. The fourth-order valence-corrected chi connectivity index (χ4v) is 1.14. The number of halogens is 1. The van der Waals surface area contributed by atoms with Crippen molar-refractivity contribution in [2.45, 2.75) is 45.7 Å². The number of Topliss-reactive ketones (excluding diaryl/α,β-unsaturated/α-hetero) is 1. The van der Waals surface area contributed by atoms with E-state index in [1.807, 2.05) is 0 Å². The molecule has 14 heavy (non-hydrogen) atoms. The van der Waals surface area contributed by atoms with Gasteiger partial charge in [-0.05, 0) is 20.3 Å². The zero-order chi connectivity index (χ0) is 11.2. The van der Waals surface area contributed by atoms with Crippen LogP contribution >= 0.6 is 0 Å². The van der Waals surface area contributed by atoms with Crippen LogP contribution in [0.3, 0.4) is 0 Å². The second kappa shape index (κ2) is 5.73. The summed E-state index contributed by atoms with van der Waals surface area (Å²) < 4.78 is 18.1. The van der Waals surface area contributed by atoms with Gasteiger partial charge in [0.15, 0.2) is 11.5 Å². The number of carbonyl (C=O) groups excluding carboxylic acids is 2. The van der Waals surface area contributed by atoms with E-state index in [0.717, 1.165) is 0 Å². The summed E-state index contributed by atoms with van der Waals surface area (Å²) in [5, 5.41) is 0. The molecule has 0 rings (SSSR count). The van der Waals surface area contributed by atoms with E-state index in [9.17, 15) is 14.0 Å². The number of hydrogen-bond donors (Lipinski definition) is 0. The van der Waals surface area contributed by atoms with Crippen molar-refractivity contribution >= 4 is 11.8 Å². The highest BCUT2D eigenvalue weighted by atomic mass is 19.1. The summed E-state index contributed by atoms with van der Waals surface area (Å²) in [5.74, 6) is -1.35. The average Bonchev–Trinajstić information content (AvgIpc) is 2.04. The van der Waals surface area contributed by atoms with Crippen LogP contribution in [0.4, 0.5) is 4.39 Å². The molecule has 0 aliphatic rings. The van der Waals surface area contributed by atoms with E-state index >= 15 is 0 Å². The number of rotatable bonds is 6. The highest BCUT2D eigenvalue weighted by Gasteiger charge is 2.33. The van der Waals surface area contributed by atoms with Crippen molar-refractivity contribution in [1.29, 1.82) is 0 Å². The minimum Gasteiger partial charge on any atom is -0.466 e. The van der Waals surface area contributed by atoms with Crippen molar-refractivity contribution in [3.8, 4) is 0 Å². The van der Waals surface area contributed by atoms with Crippen LogP contribution in [0.2, 0.25) is 0 Å². The summed E-state index contributed by atoms with van der Waals surface area (Å²) in [7, 11) is 0. The van der Waals surface area contributed by atoms with Crippen LogP contribution in [0.15, 0.2) is 0 Å².